The van der Waals surface area contributed by atoms with Crippen LogP contribution in [-0.4, -0.2) is 11.8 Å². The molecule has 4 nitrogen and oxygen atoms in total. The fourth-order valence-corrected chi connectivity index (χ4v) is 3.56. The summed E-state index contributed by atoms with van der Waals surface area (Å²) >= 11 is 0. The summed E-state index contributed by atoms with van der Waals surface area (Å²) in [5, 5.41) is 0. The first kappa shape index (κ1) is 14.6. The van der Waals surface area contributed by atoms with Gasteiger partial charge in [-0.25, -0.2) is 0 Å². The van der Waals surface area contributed by atoms with Crippen molar-refractivity contribution < 1.29 is 9.59 Å². The molecule has 0 heterocycles. The van der Waals surface area contributed by atoms with E-state index in [0.717, 1.165) is 22.3 Å². The SMILES string of the molecule is CC(C)(C)C1=CC2(C(N)=O)CC(C(N)=O)=C1c1ccccc12. The van der Waals surface area contributed by atoms with Crippen molar-refractivity contribution in [3.8, 4) is 0 Å². The van der Waals surface area contributed by atoms with Crippen molar-refractivity contribution in [1.29, 1.82) is 0 Å². The molecule has 3 aliphatic carbocycles. The van der Waals surface area contributed by atoms with E-state index >= 15 is 0 Å². The number of allylic oxidation sites excluding steroid dienone is 2. The monoisotopic (exact) mass is 296 g/mol. The summed E-state index contributed by atoms with van der Waals surface area (Å²) in [5.41, 5.74) is 14.3. The molecule has 114 valence electrons. The van der Waals surface area contributed by atoms with Crippen molar-refractivity contribution in [2.45, 2.75) is 32.6 Å². The molecule has 4 N–H and O–H groups in total. The Kier molecular flexibility index (Phi) is 2.86. The maximum atomic E-state index is 12.3. The van der Waals surface area contributed by atoms with Crippen LogP contribution in [0.15, 0.2) is 41.5 Å². The van der Waals surface area contributed by atoms with Crippen LogP contribution in [0.3, 0.4) is 0 Å². The second kappa shape index (κ2) is 4.32. The summed E-state index contributed by atoms with van der Waals surface area (Å²) in [7, 11) is 0. The number of hydrogen-bond donors (Lipinski definition) is 2. The molecule has 1 atom stereocenters. The summed E-state index contributed by atoms with van der Waals surface area (Å²) in [4.78, 5) is 24.3. The Labute approximate surface area is 129 Å². The lowest BCUT2D eigenvalue weighted by Crippen LogP contribution is -2.47. The third kappa shape index (κ3) is 1.76. The van der Waals surface area contributed by atoms with E-state index in [-0.39, 0.29) is 11.8 Å². The summed E-state index contributed by atoms with van der Waals surface area (Å²) in [6.45, 7) is 6.17. The largest absolute Gasteiger partial charge is 0.369 e. The second-order valence-corrected chi connectivity index (χ2v) is 7.08. The number of rotatable bonds is 2. The van der Waals surface area contributed by atoms with Crippen molar-refractivity contribution in [1.82, 2.24) is 0 Å². The molecule has 2 bridgehead atoms. The van der Waals surface area contributed by atoms with Crippen molar-refractivity contribution in [3.63, 3.8) is 0 Å². The number of nitrogens with two attached hydrogens (primary N) is 2. The summed E-state index contributed by atoms with van der Waals surface area (Å²) in [6.07, 6.45) is 2.20. The molecule has 0 aromatic heterocycles. The first-order valence-electron chi connectivity index (χ1n) is 7.35. The highest BCUT2D eigenvalue weighted by molar-refractivity contribution is 6.11. The fourth-order valence-electron chi connectivity index (χ4n) is 3.56. The van der Waals surface area contributed by atoms with Gasteiger partial charge in [0, 0.05) is 12.0 Å². The van der Waals surface area contributed by atoms with Crippen molar-refractivity contribution >= 4 is 17.4 Å². The maximum Gasteiger partial charge on any atom is 0.245 e. The predicted octanol–water partition coefficient (Wildman–Crippen LogP) is 2.04. The van der Waals surface area contributed by atoms with E-state index in [4.69, 9.17) is 11.5 Å². The van der Waals surface area contributed by atoms with Crippen LogP contribution < -0.4 is 11.5 Å². The first-order valence-corrected chi connectivity index (χ1v) is 7.35. The number of carbonyl (C=O) groups is 2. The van der Waals surface area contributed by atoms with Crippen LogP contribution in [-0.2, 0) is 15.0 Å². The van der Waals surface area contributed by atoms with E-state index in [0.29, 0.717) is 5.57 Å². The van der Waals surface area contributed by atoms with Crippen LogP contribution in [0.5, 0.6) is 0 Å². The molecule has 0 fully saturated rings. The van der Waals surface area contributed by atoms with Crippen molar-refractivity contribution in [2.75, 3.05) is 0 Å². The predicted molar refractivity (Wildman–Crippen MR) is 85.6 cm³/mol. The van der Waals surface area contributed by atoms with Gasteiger partial charge in [-0.1, -0.05) is 51.1 Å². The van der Waals surface area contributed by atoms with E-state index < -0.39 is 17.2 Å². The van der Waals surface area contributed by atoms with Gasteiger partial charge in [-0.2, -0.15) is 0 Å². The van der Waals surface area contributed by atoms with Gasteiger partial charge >= 0.3 is 0 Å². The number of fused-ring (bicyclic) bond motifs is 1. The smallest absolute Gasteiger partial charge is 0.245 e. The Morgan fingerprint density at radius 3 is 2.32 bits per heavy atom. The van der Waals surface area contributed by atoms with Gasteiger partial charge in [0.15, 0.2) is 0 Å². The van der Waals surface area contributed by atoms with Crippen LogP contribution in [0.1, 0.15) is 38.3 Å². The average molecular weight is 296 g/mol. The van der Waals surface area contributed by atoms with E-state index in [1.165, 1.54) is 0 Å². The Balaban J connectivity index is 2.44. The maximum absolute atomic E-state index is 12.3. The molecule has 1 unspecified atom stereocenters. The topological polar surface area (TPSA) is 86.2 Å². The number of amides is 2. The normalized spacial score (nSPS) is 23.1. The number of carbonyl (C=O) groups excluding carboxylic acids is 2. The zero-order valence-electron chi connectivity index (χ0n) is 13.1. The minimum Gasteiger partial charge on any atom is -0.369 e. The molecular formula is C18H20N2O2. The minimum absolute atomic E-state index is 0.218. The summed E-state index contributed by atoms with van der Waals surface area (Å²) in [6, 6.07) is 7.64. The molecular weight excluding hydrogens is 276 g/mol. The van der Waals surface area contributed by atoms with E-state index in [9.17, 15) is 9.59 Å². The fraction of sp³-hybridized carbons (Fsp3) is 0.333. The molecule has 2 amide bonds. The average Bonchev–Trinajstić information content (AvgIpc) is 2.46. The minimum atomic E-state index is -0.981. The van der Waals surface area contributed by atoms with E-state index in [2.05, 4.69) is 20.8 Å². The highest BCUT2D eigenvalue weighted by Gasteiger charge is 2.50. The Hall–Kier alpha value is -2.36. The van der Waals surface area contributed by atoms with Gasteiger partial charge in [0.05, 0.1) is 5.41 Å². The molecule has 4 rings (SSSR count). The molecule has 0 spiro atoms. The van der Waals surface area contributed by atoms with E-state index in [1.54, 1.807) is 0 Å². The third-order valence-corrected chi connectivity index (χ3v) is 4.64. The van der Waals surface area contributed by atoms with Gasteiger partial charge in [0.25, 0.3) is 0 Å². The van der Waals surface area contributed by atoms with Gasteiger partial charge in [0.2, 0.25) is 11.8 Å². The zero-order chi connectivity index (χ0) is 16.3. The summed E-state index contributed by atoms with van der Waals surface area (Å²) in [5.74, 6) is -0.927. The Morgan fingerprint density at radius 2 is 1.77 bits per heavy atom. The van der Waals surface area contributed by atoms with Crippen LogP contribution in [0.25, 0.3) is 5.57 Å². The molecule has 1 aromatic rings. The first-order chi connectivity index (χ1) is 10.2. The van der Waals surface area contributed by atoms with Crippen LogP contribution in [0, 0.1) is 5.41 Å². The van der Waals surface area contributed by atoms with Gasteiger partial charge < -0.3 is 11.5 Å². The molecule has 4 heteroatoms. The van der Waals surface area contributed by atoms with Crippen LogP contribution in [0.4, 0.5) is 0 Å². The highest BCUT2D eigenvalue weighted by atomic mass is 16.2. The highest BCUT2D eigenvalue weighted by Crippen LogP contribution is 2.55. The second-order valence-electron chi connectivity index (χ2n) is 7.08. The molecule has 1 aromatic carbocycles. The molecule has 0 aliphatic heterocycles. The van der Waals surface area contributed by atoms with Gasteiger partial charge in [-0.3, -0.25) is 9.59 Å². The number of primary amides is 2. The summed E-state index contributed by atoms with van der Waals surface area (Å²) < 4.78 is 0. The molecule has 22 heavy (non-hydrogen) atoms. The lowest BCUT2D eigenvalue weighted by molar-refractivity contribution is -0.122. The van der Waals surface area contributed by atoms with E-state index in [1.807, 2.05) is 30.3 Å². The van der Waals surface area contributed by atoms with Gasteiger partial charge in [-0.15, -0.1) is 0 Å². The molecule has 3 aliphatic rings. The lowest BCUT2D eigenvalue weighted by atomic mass is 9.57. The van der Waals surface area contributed by atoms with Crippen molar-refractivity contribution in [2.24, 2.45) is 16.9 Å². The third-order valence-electron chi connectivity index (χ3n) is 4.64. The number of hydrogen-bond acceptors (Lipinski definition) is 2. The molecule has 0 saturated heterocycles. The van der Waals surface area contributed by atoms with Crippen LogP contribution in [0.2, 0.25) is 0 Å². The number of benzene rings is 1. The van der Waals surface area contributed by atoms with Crippen molar-refractivity contribution in [3.05, 3.63) is 52.6 Å². The quantitative estimate of drug-likeness (QED) is 0.875. The van der Waals surface area contributed by atoms with Gasteiger partial charge in [0.1, 0.15) is 0 Å². The molecule has 0 saturated carbocycles. The Morgan fingerprint density at radius 1 is 1.14 bits per heavy atom. The van der Waals surface area contributed by atoms with Gasteiger partial charge in [-0.05, 0) is 27.7 Å². The van der Waals surface area contributed by atoms with Crippen LogP contribution >= 0.6 is 0 Å². The lowest BCUT2D eigenvalue weighted by Gasteiger charge is -2.45. The molecule has 0 radical (unpaired) electrons. The Bertz CT molecular complexity index is 766. The standard InChI is InChI=1S/C18H20N2O2/c1-17(2,3)13-9-18(16(20)22)8-11(15(19)21)14(13)10-6-4-5-7-12(10)18/h4-7,9H,8H2,1-3H3,(H2,19,21)(H2,20,22). The zero-order valence-corrected chi connectivity index (χ0v) is 13.1.